The smallest absolute Gasteiger partial charge is 0.191 e. The van der Waals surface area contributed by atoms with Crippen LogP contribution in [0.15, 0.2) is 4.99 Å². The molecule has 0 amide bonds. The van der Waals surface area contributed by atoms with Gasteiger partial charge in [-0.05, 0) is 32.6 Å². The van der Waals surface area contributed by atoms with Crippen molar-refractivity contribution in [3.8, 4) is 0 Å². The number of nitrogens with one attached hydrogen (secondary N) is 2. The van der Waals surface area contributed by atoms with Gasteiger partial charge in [-0.3, -0.25) is 4.99 Å². The molecule has 0 heterocycles. The predicted octanol–water partition coefficient (Wildman–Crippen LogP) is 2.39. The maximum absolute atomic E-state index is 5.00. The molecule has 4 nitrogen and oxygen atoms in total. The van der Waals surface area contributed by atoms with E-state index in [0.29, 0.717) is 0 Å². The summed E-state index contributed by atoms with van der Waals surface area (Å²) in [7, 11) is 1.75. The average Bonchev–Trinajstić information content (AvgIpc) is 2.30. The van der Waals surface area contributed by atoms with Crippen LogP contribution in [0.4, 0.5) is 0 Å². The highest BCUT2D eigenvalue weighted by molar-refractivity contribution is 14.0. The third kappa shape index (κ3) is 13.9. The van der Waals surface area contributed by atoms with Gasteiger partial charge in [0.1, 0.15) is 0 Å². The lowest BCUT2D eigenvalue weighted by Crippen LogP contribution is -2.37. The Balaban J connectivity index is 0. The molecule has 0 radical (unpaired) electrons. The quantitative estimate of drug-likeness (QED) is 0.288. The van der Waals surface area contributed by atoms with E-state index in [1.807, 2.05) is 0 Å². The van der Waals surface area contributed by atoms with E-state index in [4.69, 9.17) is 4.74 Å². The van der Waals surface area contributed by atoms with Crippen LogP contribution in [0.25, 0.3) is 0 Å². The average molecular weight is 357 g/mol. The van der Waals surface area contributed by atoms with Crippen molar-refractivity contribution >= 4 is 29.9 Å². The fraction of sp³-hybridized carbons (Fsp3) is 0.917. The zero-order chi connectivity index (χ0) is 12.1. The fourth-order valence-electron chi connectivity index (χ4n) is 1.32. The first-order valence-electron chi connectivity index (χ1n) is 6.36. The number of halogens is 1. The summed E-state index contributed by atoms with van der Waals surface area (Å²) in [6.07, 6.45) is 4.60. The van der Waals surface area contributed by atoms with Gasteiger partial charge in [0.25, 0.3) is 0 Å². The van der Waals surface area contributed by atoms with E-state index in [9.17, 15) is 0 Å². The minimum Gasteiger partial charge on any atom is -0.385 e. The minimum atomic E-state index is 0. The van der Waals surface area contributed by atoms with Crippen LogP contribution in [0.1, 0.15) is 39.5 Å². The summed E-state index contributed by atoms with van der Waals surface area (Å²) < 4.78 is 5.00. The lowest BCUT2D eigenvalue weighted by Gasteiger charge is -2.10. The number of methoxy groups -OCH3 is 1. The molecule has 0 aliphatic heterocycles. The van der Waals surface area contributed by atoms with E-state index >= 15 is 0 Å². The third-order valence-electron chi connectivity index (χ3n) is 2.16. The van der Waals surface area contributed by atoms with E-state index in [0.717, 1.165) is 45.0 Å². The number of nitrogens with zero attached hydrogens (tertiary/aromatic N) is 1. The molecule has 0 spiro atoms. The normalized spacial score (nSPS) is 10.9. The molecule has 0 unspecified atom stereocenters. The second kappa shape index (κ2) is 16.0. The van der Waals surface area contributed by atoms with Crippen molar-refractivity contribution in [3.05, 3.63) is 0 Å². The summed E-state index contributed by atoms with van der Waals surface area (Å²) >= 11 is 0. The molecule has 5 heteroatoms. The summed E-state index contributed by atoms with van der Waals surface area (Å²) in [4.78, 5) is 4.44. The van der Waals surface area contributed by atoms with Gasteiger partial charge >= 0.3 is 0 Å². The first-order valence-corrected chi connectivity index (χ1v) is 6.36. The number of unbranched alkanes of at least 4 members (excludes halogenated alkanes) is 2. The molecule has 0 aromatic carbocycles. The molecule has 0 aromatic heterocycles. The van der Waals surface area contributed by atoms with Crippen molar-refractivity contribution in [1.29, 1.82) is 0 Å². The molecule has 0 aliphatic carbocycles. The Labute approximate surface area is 123 Å². The minimum absolute atomic E-state index is 0. The van der Waals surface area contributed by atoms with Gasteiger partial charge in [0.2, 0.25) is 0 Å². The zero-order valence-electron chi connectivity index (χ0n) is 11.4. The van der Waals surface area contributed by atoms with Crippen LogP contribution in [0.5, 0.6) is 0 Å². The summed E-state index contributed by atoms with van der Waals surface area (Å²) in [5.41, 5.74) is 0. The van der Waals surface area contributed by atoms with Crippen LogP contribution in [-0.2, 0) is 4.74 Å². The highest BCUT2D eigenvalue weighted by atomic mass is 127. The Hall–Kier alpha value is -0.0400. The molecular weight excluding hydrogens is 329 g/mol. The Kier molecular flexibility index (Phi) is 18.1. The Morgan fingerprint density at radius 2 is 1.88 bits per heavy atom. The van der Waals surface area contributed by atoms with Crippen molar-refractivity contribution < 1.29 is 4.74 Å². The number of ether oxygens (including phenoxy) is 1. The Morgan fingerprint density at radius 3 is 2.47 bits per heavy atom. The number of hydrogen-bond acceptors (Lipinski definition) is 2. The Morgan fingerprint density at radius 1 is 1.12 bits per heavy atom. The van der Waals surface area contributed by atoms with Crippen molar-refractivity contribution in [1.82, 2.24) is 10.6 Å². The van der Waals surface area contributed by atoms with Gasteiger partial charge in [-0.1, -0.05) is 6.92 Å². The van der Waals surface area contributed by atoms with E-state index in [1.165, 1.54) is 12.8 Å². The van der Waals surface area contributed by atoms with Gasteiger partial charge in [0.15, 0.2) is 5.96 Å². The molecule has 0 fully saturated rings. The number of hydrogen-bond donors (Lipinski definition) is 2. The molecule has 17 heavy (non-hydrogen) atoms. The van der Waals surface area contributed by atoms with Crippen molar-refractivity contribution in [2.24, 2.45) is 4.99 Å². The lowest BCUT2D eigenvalue weighted by atomic mass is 10.2. The number of aliphatic imine (C=N–C) groups is 1. The summed E-state index contributed by atoms with van der Waals surface area (Å²) in [5, 5.41) is 6.56. The first-order chi connectivity index (χ1) is 7.85. The molecule has 0 saturated carbocycles. The van der Waals surface area contributed by atoms with Crippen molar-refractivity contribution in [2.45, 2.75) is 39.5 Å². The number of rotatable bonds is 9. The molecule has 0 rings (SSSR count). The van der Waals surface area contributed by atoms with E-state index < -0.39 is 0 Å². The molecule has 0 aliphatic rings. The summed E-state index contributed by atoms with van der Waals surface area (Å²) in [6, 6.07) is 0. The van der Waals surface area contributed by atoms with Crippen molar-refractivity contribution in [3.63, 3.8) is 0 Å². The lowest BCUT2D eigenvalue weighted by molar-refractivity contribution is 0.192. The topological polar surface area (TPSA) is 45.7 Å². The molecule has 104 valence electrons. The SMILES string of the molecule is CCCN=C(NCC)NCCCCCOC.I. The largest absolute Gasteiger partial charge is 0.385 e. The Bertz CT molecular complexity index is 177. The summed E-state index contributed by atoms with van der Waals surface area (Å²) in [6.45, 7) is 7.88. The van der Waals surface area contributed by atoms with Crippen LogP contribution >= 0.6 is 24.0 Å². The monoisotopic (exact) mass is 357 g/mol. The standard InChI is InChI=1S/C12H27N3O.HI/c1-4-9-14-12(13-5-2)15-10-7-6-8-11-16-3;/h4-11H2,1-3H3,(H2,13,14,15);1H. The third-order valence-corrected chi connectivity index (χ3v) is 2.16. The maximum atomic E-state index is 5.00. The maximum Gasteiger partial charge on any atom is 0.191 e. The van der Waals surface area contributed by atoms with Crippen LogP contribution in [0.3, 0.4) is 0 Å². The molecule has 0 aromatic rings. The molecule has 0 atom stereocenters. The van der Waals surface area contributed by atoms with Crippen LogP contribution in [0.2, 0.25) is 0 Å². The highest BCUT2D eigenvalue weighted by Gasteiger charge is 1.95. The molecule has 2 N–H and O–H groups in total. The predicted molar refractivity (Wildman–Crippen MR) is 85.4 cm³/mol. The van der Waals surface area contributed by atoms with Crippen LogP contribution in [0, 0.1) is 0 Å². The number of guanidine groups is 1. The second-order valence-corrected chi connectivity index (χ2v) is 3.74. The van der Waals surface area contributed by atoms with E-state index in [-0.39, 0.29) is 24.0 Å². The van der Waals surface area contributed by atoms with Gasteiger partial charge in [-0.2, -0.15) is 0 Å². The van der Waals surface area contributed by atoms with E-state index in [1.54, 1.807) is 7.11 Å². The second-order valence-electron chi connectivity index (χ2n) is 3.74. The first kappa shape index (κ1) is 19.3. The molecular formula is C12H28IN3O. The molecule has 0 bridgehead atoms. The van der Waals surface area contributed by atoms with E-state index in [2.05, 4.69) is 29.5 Å². The van der Waals surface area contributed by atoms with Crippen LogP contribution in [-0.4, -0.2) is 39.3 Å². The fourth-order valence-corrected chi connectivity index (χ4v) is 1.32. The van der Waals surface area contributed by atoms with Crippen molar-refractivity contribution in [2.75, 3.05) is 33.4 Å². The summed E-state index contributed by atoms with van der Waals surface area (Å²) in [5.74, 6) is 0.941. The zero-order valence-corrected chi connectivity index (χ0v) is 13.8. The van der Waals surface area contributed by atoms with Gasteiger partial charge in [-0.25, -0.2) is 0 Å². The van der Waals surface area contributed by atoms with Gasteiger partial charge < -0.3 is 15.4 Å². The molecule has 0 saturated heterocycles. The van der Waals surface area contributed by atoms with Gasteiger partial charge in [0.05, 0.1) is 0 Å². The van der Waals surface area contributed by atoms with Crippen LogP contribution < -0.4 is 10.6 Å². The van der Waals surface area contributed by atoms with Gasteiger partial charge in [0, 0.05) is 33.4 Å². The highest BCUT2D eigenvalue weighted by Crippen LogP contribution is 1.93. The van der Waals surface area contributed by atoms with Gasteiger partial charge in [-0.15, -0.1) is 24.0 Å².